The van der Waals surface area contributed by atoms with E-state index < -0.39 is 0 Å². The van der Waals surface area contributed by atoms with Gasteiger partial charge in [-0.15, -0.1) is 0 Å². The molecule has 3 rings (SSSR count). The summed E-state index contributed by atoms with van der Waals surface area (Å²) in [5.41, 5.74) is 0. The van der Waals surface area contributed by atoms with Gasteiger partial charge in [0.1, 0.15) is 11.5 Å². The van der Waals surface area contributed by atoms with E-state index in [4.69, 9.17) is 8.83 Å². The lowest BCUT2D eigenvalue weighted by Crippen LogP contribution is -2.39. The molecule has 1 saturated heterocycles. The molecule has 0 bridgehead atoms. The standard InChI is InChI=1S/C18H26N4O3/c1-13-9-19-18(25-13)12-21(3)15-6-7-22(10-15)11-17(23)20-14(2)16-5-4-8-24-16/h4-5,8-9,14-15H,6-7,10-12H2,1-3H3,(H,20,23)/t14-,15+/m1/s1. The maximum atomic E-state index is 12.2. The number of likely N-dealkylation sites (tertiary alicyclic amines) is 1. The van der Waals surface area contributed by atoms with Crippen LogP contribution in [0.5, 0.6) is 0 Å². The van der Waals surface area contributed by atoms with Crippen LogP contribution in [0, 0.1) is 6.92 Å². The van der Waals surface area contributed by atoms with E-state index in [0.717, 1.165) is 36.9 Å². The molecule has 0 aliphatic carbocycles. The maximum Gasteiger partial charge on any atom is 0.234 e. The molecule has 1 amide bonds. The molecule has 7 nitrogen and oxygen atoms in total. The summed E-state index contributed by atoms with van der Waals surface area (Å²) in [5, 5.41) is 2.98. The van der Waals surface area contributed by atoms with Crippen molar-refractivity contribution in [1.29, 1.82) is 0 Å². The Kier molecular flexibility index (Phi) is 5.55. The molecular weight excluding hydrogens is 320 g/mol. The fraction of sp³-hybridized carbons (Fsp3) is 0.556. The molecule has 1 fully saturated rings. The van der Waals surface area contributed by atoms with Crippen molar-refractivity contribution in [2.24, 2.45) is 0 Å². The molecule has 0 saturated carbocycles. The molecule has 1 N–H and O–H groups in total. The predicted molar refractivity (Wildman–Crippen MR) is 92.8 cm³/mol. The fourth-order valence-corrected chi connectivity index (χ4v) is 3.23. The summed E-state index contributed by atoms with van der Waals surface area (Å²) in [6.07, 6.45) is 4.40. The number of hydrogen-bond donors (Lipinski definition) is 1. The number of hydrogen-bond acceptors (Lipinski definition) is 6. The van der Waals surface area contributed by atoms with Crippen LogP contribution >= 0.6 is 0 Å². The monoisotopic (exact) mass is 346 g/mol. The molecular formula is C18H26N4O3. The summed E-state index contributed by atoms with van der Waals surface area (Å²) in [6, 6.07) is 3.99. The van der Waals surface area contributed by atoms with Gasteiger partial charge in [0.05, 0.1) is 31.6 Å². The van der Waals surface area contributed by atoms with Gasteiger partial charge in [0.2, 0.25) is 11.8 Å². The lowest BCUT2D eigenvalue weighted by atomic mass is 10.2. The summed E-state index contributed by atoms with van der Waals surface area (Å²) >= 11 is 0. The topological polar surface area (TPSA) is 74.8 Å². The van der Waals surface area contributed by atoms with Gasteiger partial charge in [0.15, 0.2) is 0 Å². The molecule has 3 heterocycles. The van der Waals surface area contributed by atoms with E-state index in [2.05, 4.69) is 27.1 Å². The highest BCUT2D eigenvalue weighted by Crippen LogP contribution is 2.17. The van der Waals surface area contributed by atoms with Gasteiger partial charge in [-0.2, -0.15) is 0 Å². The Bertz CT molecular complexity index is 682. The van der Waals surface area contributed by atoms with Crippen molar-refractivity contribution in [3.63, 3.8) is 0 Å². The van der Waals surface area contributed by atoms with E-state index in [-0.39, 0.29) is 11.9 Å². The van der Waals surface area contributed by atoms with E-state index in [1.165, 1.54) is 0 Å². The summed E-state index contributed by atoms with van der Waals surface area (Å²) in [4.78, 5) is 20.9. The minimum absolute atomic E-state index is 0.0236. The smallest absolute Gasteiger partial charge is 0.234 e. The van der Waals surface area contributed by atoms with E-state index >= 15 is 0 Å². The van der Waals surface area contributed by atoms with Crippen molar-refractivity contribution in [2.75, 3.05) is 26.7 Å². The van der Waals surface area contributed by atoms with Gasteiger partial charge in [-0.05, 0) is 39.4 Å². The quantitative estimate of drug-likeness (QED) is 0.826. The molecule has 2 aromatic heterocycles. The predicted octanol–water partition coefficient (Wildman–Crippen LogP) is 1.96. The molecule has 136 valence electrons. The number of furan rings is 1. The molecule has 0 spiro atoms. The second-order valence-electron chi connectivity index (χ2n) is 6.76. The van der Waals surface area contributed by atoms with E-state index in [9.17, 15) is 4.79 Å². The van der Waals surface area contributed by atoms with Gasteiger partial charge in [0, 0.05) is 19.1 Å². The average Bonchev–Trinajstić information content (AvgIpc) is 3.28. The first-order chi connectivity index (χ1) is 12.0. The van der Waals surface area contributed by atoms with E-state index in [1.54, 1.807) is 12.5 Å². The van der Waals surface area contributed by atoms with Crippen LogP contribution in [0.15, 0.2) is 33.4 Å². The highest BCUT2D eigenvalue weighted by Gasteiger charge is 2.28. The van der Waals surface area contributed by atoms with Gasteiger partial charge in [-0.1, -0.05) is 0 Å². The van der Waals surface area contributed by atoms with Crippen molar-refractivity contribution in [2.45, 2.75) is 38.9 Å². The number of aromatic nitrogens is 1. The van der Waals surface area contributed by atoms with Crippen LogP contribution in [0.4, 0.5) is 0 Å². The SMILES string of the molecule is Cc1cnc(CN(C)[C@H]2CCN(CC(=O)N[C@H](C)c3ccco3)C2)o1. The molecule has 0 aromatic carbocycles. The van der Waals surface area contributed by atoms with Crippen molar-refractivity contribution in [1.82, 2.24) is 20.1 Å². The van der Waals surface area contributed by atoms with Gasteiger partial charge in [-0.25, -0.2) is 4.98 Å². The lowest BCUT2D eigenvalue weighted by Gasteiger charge is -2.23. The molecule has 0 radical (unpaired) electrons. The molecule has 7 heteroatoms. The third-order valence-corrected chi connectivity index (χ3v) is 4.64. The third-order valence-electron chi connectivity index (χ3n) is 4.64. The summed E-state index contributed by atoms with van der Waals surface area (Å²) in [7, 11) is 2.08. The Hall–Kier alpha value is -2.12. The van der Waals surface area contributed by atoms with Crippen LogP contribution in [-0.4, -0.2) is 53.4 Å². The molecule has 1 aliphatic rings. The lowest BCUT2D eigenvalue weighted by molar-refractivity contribution is -0.122. The molecule has 2 aromatic rings. The number of oxazole rings is 1. The fourth-order valence-electron chi connectivity index (χ4n) is 3.23. The molecule has 0 unspecified atom stereocenters. The van der Waals surface area contributed by atoms with Gasteiger partial charge >= 0.3 is 0 Å². The second-order valence-corrected chi connectivity index (χ2v) is 6.76. The van der Waals surface area contributed by atoms with Crippen molar-refractivity contribution in [3.05, 3.63) is 42.0 Å². The number of carbonyl (C=O) groups is 1. The van der Waals surface area contributed by atoms with Crippen LogP contribution in [0.3, 0.4) is 0 Å². The van der Waals surface area contributed by atoms with Crippen LogP contribution < -0.4 is 5.32 Å². The van der Waals surface area contributed by atoms with Gasteiger partial charge in [-0.3, -0.25) is 14.6 Å². The van der Waals surface area contributed by atoms with Crippen molar-refractivity contribution < 1.29 is 13.6 Å². The Morgan fingerprint density at radius 1 is 1.56 bits per heavy atom. The number of nitrogens with one attached hydrogen (secondary N) is 1. The number of likely N-dealkylation sites (N-methyl/N-ethyl adjacent to an activating group) is 1. The molecule has 1 aliphatic heterocycles. The number of nitrogens with zero attached hydrogens (tertiary/aromatic N) is 3. The first-order valence-corrected chi connectivity index (χ1v) is 8.68. The third kappa shape index (κ3) is 4.70. The largest absolute Gasteiger partial charge is 0.467 e. The zero-order valence-electron chi connectivity index (χ0n) is 15.1. The second kappa shape index (κ2) is 7.84. The highest BCUT2D eigenvalue weighted by molar-refractivity contribution is 5.78. The highest BCUT2D eigenvalue weighted by atomic mass is 16.4. The Morgan fingerprint density at radius 3 is 3.08 bits per heavy atom. The van der Waals surface area contributed by atoms with E-state index in [1.807, 2.05) is 26.0 Å². The molecule has 25 heavy (non-hydrogen) atoms. The summed E-state index contributed by atoms with van der Waals surface area (Å²) < 4.78 is 10.9. The number of carbonyl (C=O) groups excluding carboxylic acids is 1. The van der Waals surface area contributed by atoms with Crippen LogP contribution in [0.1, 0.15) is 36.8 Å². The van der Waals surface area contributed by atoms with Gasteiger partial charge < -0.3 is 14.2 Å². The summed E-state index contributed by atoms with van der Waals surface area (Å²) in [6.45, 7) is 6.72. The van der Waals surface area contributed by atoms with Crippen LogP contribution in [0.25, 0.3) is 0 Å². The van der Waals surface area contributed by atoms with Crippen LogP contribution in [-0.2, 0) is 11.3 Å². The zero-order chi connectivity index (χ0) is 17.8. The minimum atomic E-state index is -0.114. The first kappa shape index (κ1) is 17.7. The summed E-state index contributed by atoms with van der Waals surface area (Å²) in [5.74, 6) is 2.37. The minimum Gasteiger partial charge on any atom is -0.467 e. The zero-order valence-corrected chi connectivity index (χ0v) is 15.1. The number of aryl methyl sites for hydroxylation is 1. The Labute approximate surface area is 148 Å². The average molecular weight is 346 g/mol. The van der Waals surface area contributed by atoms with E-state index in [0.29, 0.717) is 19.1 Å². The number of rotatable bonds is 7. The Balaban J connectivity index is 1.43. The first-order valence-electron chi connectivity index (χ1n) is 8.68. The number of amides is 1. The van der Waals surface area contributed by atoms with Crippen molar-refractivity contribution in [3.8, 4) is 0 Å². The van der Waals surface area contributed by atoms with Gasteiger partial charge in [0.25, 0.3) is 0 Å². The van der Waals surface area contributed by atoms with Crippen molar-refractivity contribution >= 4 is 5.91 Å². The Morgan fingerprint density at radius 2 is 2.40 bits per heavy atom. The normalized spacial score (nSPS) is 19.4. The maximum absolute atomic E-state index is 12.2. The molecule has 2 atom stereocenters. The van der Waals surface area contributed by atoms with Crippen LogP contribution in [0.2, 0.25) is 0 Å².